The highest BCUT2D eigenvalue weighted by molar-refractivity contribution is 7.99. The van der Waals surface area contributed by atoms with Crippen molar-refractivity contribution >= 4 is 23.5 Å². The molecule has 0 bridgehead atoms. The van der Waals surface area contributed by atoms with Crippen LogP contribution in [0.25, 0.3) is 0 Å². The average molecular weight is 353 g/mol. The van der Waals surface area contributed by atoms with Crippen LogP contribution in [-0.2, 0) is 5.41 Å². The fraction of sp³-hybridized carbons (Fsp3) is 0.409. The molecule has 1 aliphatic heterocycles. The SMILES string of the molecule is Cc1ccccc1C1=NSC(C(C)C)N1c1ccccc1C(C)(C)C. The second-order valence-electron chi connectivity index (χ2n) is 8.11. The van der Waals surface area contributed by atoms with Gasteiger partial charge in [-0.05, 0) is 35.4 Å². The fourth-order valence-electron chi connectivity index (χ4n) is 3.31. The first-order chi connectivity index (χ1) is 11.8. The number of aryl methyl sites for hydroxylation is 1. The van der Waals surface area contributed by atoms with Gasteiger partial charge in [0.25, 0.3) is 0 Å². The third-order valence-electron chi connectivity index (χ3n) is 4.66. The maximum absolute atomic E-state index is 4.91. The van der Waals surface area contributed by atoms with Gasteiger partial charge < -0.3 is 4.90 Å². The second kappa shape index (κ2) is 6.87. The van der Waals surface area contributed by atoms with E-state index in [1.165, 1.54) is 22.4 Å². The van der Waals surface area contributed by atoms with Crippen LogP contribution >= 0.6 is 11.9 Å². The zero-order valence-electron chi connectivity index (χ0n) is 16.1. The van der Waals surface area contributed by atoms with Crippen molar-refractivity contribution in [2.75, 3.05) is 4.90 Å². The van der Waals surface area contributed by atoms with E-state index in [0.717, 1.165) is 5.84 Å². The van der Waals surface area contributed by atoms with Crippen LogP contribution in [0, 0.1) is 12.8 Å². The van der Waals surface area contributed by atoms with Crippen LogP contribution in [0.15, 0.2) is 52.9 Å². The Bertz CT molecular complexity index is 787. The molecule has 1 aliphatic rings. The molecule has 3 heteroatoms. The molecule has 0 aliphatic carbocycles. The highest BCUT2D eigenvalue weighted by atomic mass is 32.2. The highest BCUT2D eigenvalue weighted by Crippen LogP contribution is 2.41. The monoisotopic (exact) mass is 352 g/mol. The van der Waals surface area contributed by atoms with Crippen LogP contribution < -0.4 is 4.90 Å². The van der Waals surface area contributed by atoms with Gasteiger partial charge in [-0.25, -0.2) is 0 Å². The summed E-state index contributed by atoms with van der Waals surface area (Å²) in [5, 5.41) is 0.318. The number of benzene rings is 2. The molecule has 0 saturated carbocycles. The zero-order valence-corrected chi connectivity index (χ0v) is 16.9. The summed E-state index contributed by atoms with van der Waals surface area (Å²) < 4.78 is 4.91. The van der Waals surface area contributed by atoms with Gasteiger partial charge in [-0.15, -0.1) is 0 Å². The minimum atomic E-state index is 0.0855. The average Bonchev–Trinajstić information content (AvgIpc) is 2.99. The molecule has 0 spiro atoms. The van der Waals surface area contributed by atoms with Crippen molar-refractivity contribution in [2.24, 2.45) is 10.3 Å². The Labute approximate surface area is 156 Å². The summed E-state index contributed by atoms with van der Waals surface area (Å²) in [4.78, 5) is 2.46. The van der Waals surface area contributed by atoms with Crippen molar-refractivity contribution in [2.45, 2.75) is 52.3 Å². The minimum absolute atomic E-state index is 0.0855. The Morgan fingerprint density at radius 1 is 1.00 bits per heavy atom. The van der Waals surface area contributed by atoms with Gasteiger partial charge in [0.1, 0.15) is 11.2 Å². The summed E-state index contributed by atoms with van der Waals surface area (Å²) in [7, 11) is 0. The maximum atomic E-state index is 4.91. The van der Waals surface area contributed by atoms with Gasteiger partial charge in [0.15, 0.2) is 0 Å². The van der Waals surface area contributed by atoms with Crippen molar-refractivity contribution in [1.29, 1.82) is 0 Å². The summed E-state index contributed by atoms with van der Waals surface area (Å²) >= 11 is 1.70. The number of anilines is 1. The summed E-state index contributed by atoms with van der Waals surface area (Å²) in [6.45, 7) is 13.6. The lowest BCUT2D eigenvalue weighted by Crippen LogP contribution is -2.39. The van der Waals surface area contributed by atoms with E-state index in [1.54, 1.807) is 11.9 Å². The fourth-order valence-corrected chi connectivity index (χ4v) is 4.25. The predicted molar refractivity (Wildman–Crippen MR) is 112 cm³/mol. The zero-order chi connectivity index (χ0) is 18.2. The second-order valence-corrected chi connectivity index (χ2v) is 8.98. The Hall–Kier alpha value is -1.74. The lowest BCUT2D eigenvalue weighted by molar-refractivity contribution is 0.581. The van der Waals surface area contributed by atoms with Crippen LogP contribution in [0.2, 0.25) is 0 Å². The van der Waals surface area contributed by atoms with Crippen LogP contribution in [0.1, 0.15) is 51.3 Å². The van der Waals surface area contributed by atoms with E-state index < -0.39 is 0 Å². The van der Waals surface area contributed by atoms with Crippen molar-refractivity contribution in [3.63, 3.8) is 0 Å². The third kappa shape index (κ3) is 3.48. The molecule has 25 heavy (non-hydrogen) atoms. The topological polar surface area (TPSA) is 15.6 Å². The smallest absolute Gasteiger partial charge is 0.149 e. The van der Waals surface area contributed by atoms with Gasteiger partial charge in [0, 0.05) is 23.2 Å². The number of para-hydroxylation sites is 1. The van der Waals surface area contributed by atoms with E-state index >= 15 is 0 Å². The quantitative estimate of drug-likeness (QED) is 0.612. The van der Waals surface area contributed by atoms with Crippen molar-refractivity contribution in [3.05, 3.63) is 65.2 Å². The Morgan fingerprint density at radius 3 is 2.28 bits per heavy atom. The molecule has 1 heterocycles. The van der Waals surface area contributed by atoms with Gasteiger partial charge in [0.2, 0.25) is 0 Å². The molecule has 0 saturated heterocycles. The summed E-state index contributed by atoms with van der Waals surface area (Å²) in [6, 6.07) is 17.3. The molecule has 3 rings (SSSR count). The lowest BCUT2D eigenvalue weighted by atomic mass is 9.85. The number of amidine groups is 1. The van der Waals surface area contributed by atoms with E-state index in [4.69, 9.17) is 4.40 Å². The summed E-state index contributed by atoms with van der Waals surface area (Å²) in [6.07, 6.45) is 0. The highest BCUT2D eigenvalue weighted by Gasteiger charge is 2.36. The summed E-state index contributed by atoms with van der Waals surface area (Å²) in [5.41, 5.74) is 5.22. The first-order valence-corrected chi connectivity index (χ1v) is 9.83. The molecule has 0 radical (unpaired) electrons. The van der Waals surface area contributed by atoms with Crippen molar-refractivity contribution < 1.29 is 0 Å². The molecule has 2 nitrogen and oxygen atoms in total. The van der Waals surface area contributed by atoms with E-state index in [-0.39, 0.29) is 5.41 Å². The van der Waals surface area contributed by atoms with Gasteiger partial charge in [-0.1, -0.05) is 77.1 Å². The Kier molecular flexibility index (Phi) is 4.97. The molecule has 2 aromatic rings. The molecular weight excluding hydrogens is 324 g/mol. The molecule has 132 valence electrons. The standard InChI is InChI=1S/C22H28N2S/c1-15(2)21-24(19-14-10-9-13-18(19)22(4,5)6)20(23-25-21)17-12-8-7-11-16(17)3/h7-15,21H,1-6H3. The molecule has 0 amide bonds. The van der Waals surface area contributed by atoms with Gasteiger partial charge in [-0.3, -0.25) is 0 Å². The lowest BCUT2D eigenvalue weighted by Gasteiger charge is -2.34. The van der Waals surface area contributed by atoms with Gasteiger partial charge in [0.05, 0.1) is 0 Å². The number of nitrogens with zero attached hydrogens (tertiary/aromatic N) is 2. The molecule has 2 aromatic carbocycles. The molecule has 0 fully saturated rings. The third-order valence-corrected chi connectivity index (χ3v) is 5.91. The summed E-state index contributed by atoms with van der Waals surface area (Å²) in [5.74, 6) is 1.58. The Morgan fingerprint density at radius 2 is 1.64 bits per heavy atom. The maximum Gasteiger partial charge on any atom is 0.149 e. The van der Waals surface area contributed by atoms with E-state index in [1.807, 2.05) is 0 Å². The van der Waals surface area contributed by atoms with Crippen LogP contribution in [-0.4, -0.2) is 11.2 Å². The number of hydrogen-bond donors (Lipinski definition) is 0. The van der Waals surface area contributed by atoms with Gasteiger partial charge in [-0.2, -0.15) is 4.40 Å². The van der Waals surface area contributed by atoms with Crippen LogP contribution in [0.4, 0.5) is 5.69 Å². The normalized spacial score (nSPS) is 18.0. The van der Waals surface area contributed by atoms with Crippen molar-refractivity contribution in [1.82, 2.24) is 0 Å². The van der Waals surface area contributed by atoms with Crippen LogP contribution in [0.5, 0.6) is 0 Å². The van der Waals surface area contributed by atoms with E-state index in [0.29, 0.717) is 11.3 Å². The predicted octanol–water partition coefficient (Wildman–Crippen LogP) is 6.19. The molecule has 0 N–H and O–H groups in total. The molecule has 0 aromatic heterocycles. The van der Waals surface area contributed by atoms with E-state index in [2.05, 4.69) is 95.0 Å². The van der Waals surface area contributed by atoms with Gasteiger partial charge >= 0.3 is 0 Å². The first-order valence-electron chi connectivity index (χ1n) is 8.99. The van der Waals surface area contributed by atoms with Crippen molar-refractivity contribution in [3.8, 4) is 0 Å². The first kappa shape index (κ1) is 18.1. The Balaban J connectivity index is 2.16. The molecule has 1 atom stereocenters. The molecular formula is C22H28N2S. The largest absolute Gasteiger partial charge is 0.310 e. The van der Waals surface area contributed by atoms with E-state index in [9.17, 15) is 0 Å². The molecule has 1 unspecified atom stereocenters. The number of rotatable bonds is 3. The van der Waals surface area contributed by atoms with Crippen LogP contribution in [0.3, 0.4) is 0 Å². The minimum Gasteiger partial charge on any atom is -0.310 e. The number of hydrogen-bond acceptors (Lipinski definition) is 3.